The number of anilines is 1. The summed E-state index contributed by atoms with van der Waals surface area (Å²) < 4.78 is 6.91. The van der Waals surface area contributed by atoms with E-state index in [4.69, 9.17) is 4.74 Å². The van der Waals surface area contributed by atoms with Gasteiger partial charge in [0, 0.05) is 15.7 Å². The highest BCUT2D eigenvalue weighted by Crippen LogP contribution is 2.19. The van der Waals surface area contributed by atoms with Crippen LogP contribution in [-0.2, 0) is 11.4 Å². The van der Waals surface area contributed by atoms with E-state index in [1.807, 2.05) is 78.9 Å². The molecule has 0 aromatic heterocycles. The highest BCUT2D eigenvalue weighted by atomic mass is 79.9. The zero-order chi connectivity index (χ0) is 19.6. The maximum atomic E-state index is 11.9. The third-order valence-electron chi connectivity index (χ3n) is 3.82. The Morgan fingerprint density at radius 2 is 1.79 bits per heavy atom. The van der Waals surface area contributed by atoms with E-state index < -0.39 is 0 Å². The number of carbonyl (C=O) groups excluding carboxylic acids is 1. The van der Waals surface area contributed by atoms with E-state index in [0.29, 0.717) is 12.4 Å². The fourth-order valence-electron chi connectivity index (χ4n) is 2.46. The van der Waals surface area contributed by atoms with Crippen molar-refractivity contribution in [2.24, 2.45) is 5.10 Å². The summed E-state index contributed by atoms with van der Waals surface area (Å²) in [5, 5.41) is 7.06. The Labute approximate surface area is 172 Å². The van der Waals surface area contributed by atoms with E-state index in [1.54, 1.807) is 6.21 Å². The number of para-hydroxylation sites is 2. The SMILES string of the molecule is O=C(CNc1ccccc1)N/N=C/c1ccccc1OCc1cccc(Br)c1. The monoisotopic (exact) mass is 437 g/mol. The summed E-state index contributed by atoms with van der Waals surface area (Å²) in [5.74, 6) is 0.468. The fourth-order valence-corrected chi connectivity index (χ4v) is 2.90. The molecule has 142 valence electrons. The summed E-state index contributed by atoms with van der Waals surface area (Å²) in [4.78, 5) is 11.9. The number of hydrogen-bond donors (Lipinski definition) is 2. The summed E-state index contributed by atoms with van der Waals surface area (Å²) >= 11 is 3.46. The van der Waals surface area contributed by atoms with E-state index in [9.17, 15) is 4.79 Å². The topological polar surface area (TPSA) is 62.7 Å². The molecule has 28 heavy (non-hydrogen) atoms. The zero-order valence-electron chi connectivity index (χ0n) is 15.1. The van der Waals surface area contributed by atoms with E-state index in [-0.39, 0.29) is 12.5 Å². The Balaban J connectivity index is 1.53. The van der Waals surface area contributed by atoms with Gasteiger partial charge >= 0.3 is 0 Å². The quantitative estimate of drug-likeness (QED) is 0.400. The van der Waals surface area contributed by atoms with Gasteiger partial charge in [0.25, 0.3) is 5.91 Å². The lowest BCUT2D eigenvalue weighted by atomic mass is 10.2. The standard InChI is InChI=1S/C22H20BrN3O2/c23-19-9-6-7-17(13-19)16-28-21-12-5-4-8-18(21)14-25-26-22(27)15-24-20-10-2-1-3-11-20/h1-14,24H,15-16H2,(H,26,27)/b25-14+. The van der Waals surface area contributed by atoms with Crippen molar-refractivity contribution in [2.75, 3.05) is 11.9 Å². The molecule has 0 spiro atoms. The number of ether oxygens (including phenoxy) is 1. The molecule has 1 amide bonds. The summed E-state index contributed by atoms with van der Waals surface area (Å²) in [6, 6.07) is 25.0. The Morgan fingerprint density at radius 1 is 1.00 bits per heavy atom. The minimum Gasteiger partial charge on any atom is -0.488 e. The van der Waals surface area contributed by atoms with Crippen LogP contribution in [0.15, 0.2) is 88.4 Å². The lowest BCUT2D eigenvalue weighted by Crippen LogP contribution is -2.25. The summed E-state index contributed by atoms with van der Waals surface area (Å²) in [5.41, 5.74) is 5.24. The largest absolute Gasteiger partial charge is 0.488 e. The Bertz CT molecular complexity index is 945. The molecule has 0 atom stereocenters. The van der Waals surface area contributed by atoms with Gasteiger partial charge in [0.2, 0.25) is 0 Å². The normalized spacial score (nSPS) is 10.6. The van der Waals surface area contributed by atoms with Crippen molar-refractivity contribution in [2.45, 2.75) is 6.61 Å². The predicted molar refractivity (Wildman–Crippen MR) is 116 cm³/mol. The van der Waals surface area contributed by atoms with Gasteiger partial charge in [-0.2, -0.15) is 5.10 Å². The van der Waals surface area contributed by atoms with Crippen LogP contribution in [0.2, 0.25) is 0 Å². The first-order chi connectivity index (χ1) is 13.7. The van der Waals surface area contributed by atoms with Gasteiger partial charge in [-0.05, 0) is 42.0 Å². The molecule has 5 nitrogen and oxygen atoms in total. The maximum absolute atomic E-state index is 11.9. The second-order valence-corrected chi connectivity index (χ2v) is 6.88. The fraction of sp³-hybridized carbons (Fsp3) is 0.0909. The first-order valence-corrected chi connectivity index (χ1v) is 9.57. The van der Waals surface area contributed by atoms with Crippen LogP contribution in [0.25, 0.3) is 0 Å². The molecular formula is C22H20BrN3O2. The minimum atomic E-state index is -0.229. The van der Waals surface area contributed by atoms with Gasteiger partial charge in [-0.1, -0.05) is 58.4 Å². The second-order valence-electron chi connectivity index (χ2n) is 5.97. The second kappa shape index (κ2) is 10.3. The number of amides is 1. The minimum absolute atomic E-state index is 0.141. The van der Waals surface area contributed by atoms with Gasteiger partial charge in [0.15, 0.2) is 0 Å². The van der Waals surface area contributed by atoms with Gasteiger partial charge in [-0.15, -0.1) is 0 Å². The molecule has 0 aliphatic rings. The van der Waals surface area contributed by atoms with E-state index in [1.165, 1.54) is 0 Å². The van der Waals surface area contributed by atoms with Crippen LogP contribution in [-0.4, -0.2) is 18.7 Å². The molecule has 3 aromatic rings. The zero-order valence-corrected chi connectivity index (χ0v) is 16.7. The maximum Gasteiger partial charge on any atom is 0.259 e. The van der Waals surface area contributed by atoms with Crippen molar-refractivity contribution in [3.05, 3.63) is 94.5 Å². The molecule has 0 bridgehead atoms. The smallest absolute Gasteiger partial charge is 0.259 e. The van der Waals surface area contributed by atoms with Crippen LogP contribution >= 0.6 is 15.9 Å². The van der Waals surface area contributed by atoms with Gasteiger partial charge in [0.05, 0.1) is 12.8 Å². The van der Waals surface area contributed by atoms with Crippen LogP contribution in [0.4, 0.5) is 5.69 Å². The molecule has 0 radical (unpaired) electrons. The van der Waals surface area contributed by atoms with Crippen molar-refractivity contribution in [3.63, 3.8) is 0 Å². The van der Waals surface area contributed by atoms with Crippen molar-refractivity contribution in [1.29, 1.82) is 0 Å². The number of hydrazone groups is 1. The van der Waals surface area contributed by atoms with Crippen molar-refractivity contribution < 1.29 is 9.53 Å². The van der Waals surface area contributed by atoms with Gasteiger partial charge in [-0.25, -0.2) is 5.43 Å². The van der Waals surface area contributed by atoms with Crippen LogP contribution in [0.3, 0.4) is 0 Å². The molecule has 0 saturated heterocycles. The molecule has 0 aliphatic carbocycles. The third-order valence-corrected chi connectivity index (χ3v) is 4.32. The number of benzene rings is 3. The van der Waals surface area contributed by atoms with Crippen LogP contribution < -0.4 is 15.5 Å². The third kappa shape index (κ3) is 6.25. The number of hydrogen-bond acceptors (Lipinski definition) is 4. The van der Waals surface area contributed by atoms with E-state index in [0.717, 1.165) is 21.3 Å². The number of halogens is 1. The van der Waals surface area contributed by atoms with Crippen LogP contribution in [0.1, 0.15) is 11.1 Å². The first kappa shape index (κ1) is 19.6. The van der Waals surface area contributed by atoms with E-state index >= 15 is 0 Å². The molecule has 6 heteroatoms. The number of carbonyl (C=O) groups is 1. The molecule has 0 saturated carbocycles. The molecular weight excluding hydrogens is 418 g/mol. The van der Waals surface area contributed by atoms with Crippen LogP contribution in [0.5, 0.6) is 5.75 Å². The average molecular weight is 438 g/mol. The summed E-state index contributed by atoms with van der Waals surface area (Å²) in [6.07, 6.45) is 1.58. The van der Waals surface area contributed by atoms with Gasteiger partial charge in [0.1, 0.15) is 12.4 Å². The molecule has 3 aromatic carbocycles. The molecule has 2 N–H and O–H groups in total. The molecule has 0 heterocycles. The molecule has 0 unspecified atom stereocenters. The Kier molecular flexibility index (Phi) is 7.21. The first-order valence-electron chi connectivity index (χ1n) is 8.78. The lowest BCUT2D eigenvalue weighted by molar-refractivity contribution is -0.119. The van der Waals surface area contributed by atoms with E-state index in [2.05, 4.69) is 31.8 Å². The highest BCUT2D eigenvalue weighted by Gasteiger charge is 2.03. The summed E-state index contributed by atoms with van der Waals surface area (Å²) in [7, 11) is 0. The number of nitrogens with zero attached hydrogens (tertiary/aromatic N) is 1. The van der Waals surface area contributed by atoms with Crippen molar-refractivity contribution in [3.8, 4) is 5.75 Å². The Morgan fingerprint density at radius 3 is 2.61 bits per heavy atom. The van der Waals surface area contributed by atoms with Crippen molar-refractivity contribution in [1.82, 2.24) is 5.43 Å². The number of rotatable bonds is 8. The lowest BCUT2D eigenvalue weighted by Gasteiger charge is -2.09. The predicted octanol–water partition coefficient (Wildman–Crippen LogP) is 4.59. The number of nitrogens with one attached hydrogen (secondary N) is 2. The Hall–Kier alpha value is -3.12. The van der Waals surface area contributed by atoms with Crippen molar-refractivity contribution >= 4 is 33.7 Å². The highest BCUT2D eigenvalue weighted by molar-refractivity contribution is 9.10. The van der Waals surface area contributed by atoms with Gasteiger partial charge in [-0.3, -0.25) is 4.79 Å². The molecule has 0 fully saturated rings. The molecule has 0 aliphatic heterocycles. The molecule has 3 rings (SSSR count). The summed E-state index contributed by atoms with van der Waals surface area (Å²) in [6.45, 7) is 0.583. The van der Waals surface area contributed by atoms with Crippen LogP contribution in [0, 0.1) is 0 Å². The van der Waals surface area contributed by atoms with Gasteiger partial charge < -0.3 is 10.1 Å². The average Bonchev–Trinajstić information content (AvgIpc) is 2.72.